The monoisotopic (exact) mass is 481 g/mol. The van der Waals surface area contributed by atoms with Crippen LogP contribution in [0.4, 0.5) is 13.6 Å². The van der Waals surface area contributed by atoms with Gasteiger partial charge in [0.15, 0.2) is 0 Å². The summed E-state index contributed by atoms with van der Waals surface area (Å²) in [5.41, 5.74) is 0.0601. The molecule has 0 aromatic heterocycles. The summed E-state index contributed by atoms with van der Waals surface area (Å²) < 4.78 is 37.8. The highest BCUT2D eigenvalue weighted by Gasteiger charge is 2.23. The van der Waals surface area contributed by atoms with Gasteiger partial charge < -0.3 is 19.9 Å². The van der Waals surface area contributed by atoms with Crippen molar-refractivity contribution in [3.8, 4) is 16.9 Å². The molecule has 8 nitrogen and oxygen atoms in total. The van der Waals surface area contributed by atoms with Gasteiger partial charge in [0.2, 0.25) is 5.91 Å². The predicted molar refractivity (Wildman–Crippen MR) is 116 cm³/mol. The number of halogens is 2. The first-order valence-electron chi connectivity index (χ1n) is 9.66. The molecule has 0 radical (unpaired) electrons. The van der Waals surface area contributed by atoms with Gasteiger partial charge in [-0.2, -0.15) is 0 Å². The summed E-state index contributed by atoms with van der Waals surface area (Å²) in [6.07, 6.45) is -0.500. The summed E-state index contributed by atoms with van der Waals surface area (Å²) in [4.78, 5) is 47.3. The van der Waals surface area contributed by atoms with E-state index >= 15 is 0 Å². The van der Waals surface area contributed by atoms with E-state index in [0.29, 0.717) is 17.8 Å². The first kappa shape index (κ1) is 25.8. The Bertz CT molecular complexity index is 1070. The van der Waals surface area contributed by atoms with Gasteiger partial charge in [-0.1, -0.05) is 6.07 Å². The quantitative estimate of drug-likeness (QED) is 0.543. The number of carbonyl (C=O) groups is 4. The minimum Gasteiger partial charge on any atom is -0.480 e. The van der Waals surface area contributed by atoms with Crippen molar-refractivity contribution < 1.29 is 42.5 Å². The SMILES string of the molecule is CC(C)OC(=O)c1cc(-c2ccc(F)cc2F)ccc1OC(=O)SC(C)C(=O)NCC(=O)O. The van der Waals surface area contributed by atoms with Crippen LogP contribution in [0.25, 0.3) is 11.1 Å². The number of carboxylic acid groups (broad SMARTS) is 1. The molecule has 11 heteroatoms. The molecule has 0 fully saturated rings. The number of benzene rings is 2. The zero-order valence-corrected chi connectivity index (χ0v) is 18.7. The molecule has 2 aromatic carbocycles. The first-order valence-corrected chi connectivity index (χ1v) is 10.5. The standard InChI is InChI=1S/C22H21F2NO7S/c1-11(2)31-21(29)16-8-13(15-6-5-14(23)9-17(15)24)4-7-18(16)32-22(30)33-12(3)20(28)25-10-19(26)27/h4-9,11-12H,10H2,1-3H3,(H,25,28)(H,26,27). The summed E-state index contributed by atoms with van der Waals surface area (Å²) in [5, 5.41) is 8.82. The number of aliphatic carboxylic acids is 1. The normalized spacial score (nSPS) is 11.6. The average Bonchev–Trinajstić information content (AvgIpc) is 2.71. The van der Waals surface area contributed by atoms with Crippen molar-refractivity contribution in [3.05, 3.63) is 53.6 Å². The van der Waals surface area contributed by atoms with E-state index in [1.165, 1.54) is 31.2 Å². The van der Waals surface area contributed by atoms with Gasteiger partial charge in [0.25, 0.3) is 0 Å². The second-order valence-corrected chi connectivity index (χ2v) is 8.29. The van der Waals surface area contributed by atoms with E-state index in [-0.39, 0.29) is 22.4 Å². The van der Waals surface area contributed by atoms with Gasteiger partial charge in [-0.25, -0.2) is 18.4 Å². The Kier molecular flexibility index (Phi) is 8.92. The number of esters is 1. The zero-order chi connectivity index (χ0) is 24.7. The Hall–Kier alpha value is -3.47. The van der Waals surface area contributed by atoms with Gasteiger partial charge in [0, 0.05) is 11.6 Å². The lowest BCUT2D eigenvalue weighted by molar-refractivity contribution is -0.137. The second kappa shape index (κ2) is 11.4. The first-order chi connectivity index (χ1) is 15.5. The third-order valence-electron chi connectivity index (χ3n) is 4.03. The third kappa shape index (κ3) is 7.56. The predicted octanol–water partition coefficient (Wildman–Crippen LogP) is 4.02. The fraction of sp³-hybridized carbons (Fsp3) is 0.273. The van der Waals surface area contributed by atoms with Crippen LogP contribution in [0.15, 0.2) is 36.4 Å². The molecule has 1 amide bonds. The molecule has 0 saturated heterocycles. The minimum atomic E-state index is -1.24. The number of thioether (sulfide) groups is 1. The summed E-state index contributed by atoms with van der Waals surface area (Å²) in [5.74, 6) is -4.58. The van der Waals surface area contributed by atoms with Gasteiger partial charge in [-0.3, -0.25) is 9.59 Å². The van der Waals surface area contributed by atoms with Crippen LogP contribution < -0.4 is 10.1 Å². The molecule has 0 spiro atoms. The van der Waals surface area contributed by atoms with Crippen LogP contribution >= 0.6 is 11.8 Å². The number of ether oxygens (including phenoxy) is 2. The fourth-order valence-corrected chi connectivity index (χ4v) is 3.18. The Morgan fingerprint density at radius 3 is 2.36 bits per heavy atom. The van der Waals surface area contributed by atoms with Gasteiger partial charge in [0.05, 0.1) is 11.4 Å². The highest BCUT2D eigenvalue weighted by Crippen LogP contribution is 2.31. The molecule has 0 saturated carbocycles. The maximum atomic E-state index is 14.2. The lowest BCUT2D eigenvalue weighted by atomic mass is 10.0. The van der Waals surface area contributed by atoms with Crippen LogP contribution in [0.5, 0.6) is 5.75 Å². The molecule has 2 rings (SSSR count). The molecule has 33 heavy (non-hydrogen) atoms. The molecule has 1 atom stereocenters. The number of nitrogens with one attached hydrogen (secondary N) is 1. The highest BCUT2D eigenvalue weighted by molar-refractivity contribution is 8.14. The number of rotatable bonds is 8. The zero-order valence-electron chi connectivity index (χ0n) is 17.9. The number of carboxylic acids is 1. The van der Waals surface area contributed by atoms with Crippen molar-refractivity contribution in [1.82, 2.24) is 5.32 Å². The van der Waals surface area contributed by atoms with Crippen LogP contribution in [-0.4, -0.2) is 46.2 Å². The van der Waals surface area contributed by atoms with E-state index in [0.717, 1.165) is 6.07 Å². The molecule has 2 N–H and O–H groups in total. The van der Waals surface area contributed by atoms with Crippen LogP contribution in [0.2, 0.25) is 0 Å². The molecule has 0 aliphatic rings. The minimum absolute atomic E-state index is 0.0194. The smallest absolute Gasteiger partial charge is 0.373 e. The van der Waals surface area contributed by atoms with E-state index in [1.54, 1.807) is 13.8 Å². The van der Waals surface area contributed by atoms with Crippen LogP contribution in [0.1, 0.15) is 31.1 Å². The van der Waals surface area contributed by atoms with E-state index in [1.807, 2.05) is 0 Å². The molecule has 0 aliphatic heterocycles. The van der Waals surface area contributed by atoms with Crippen molar-refractivity contribution in [1.29, 1.82) is 0 Å². The Morgan fingerprint density at radius 2 is 1.76 bits per heavy atom. The van der Waals surface area contributed by atoms with Gasteiger partial charge in [0.1, 0.15) is 29.5 Å². The summed E-state index contributed by atoms with van der Waals surface area (Å²) >= 11 is 0.473. The van der Waals surface area contributed by atoms with Crippen molar-refractivity contribution in [3.63, 3.8) is 0 Å². The average molecular weight is 481 g/mol. The van der Waals surface area contributed by atoms with Gasteiger partial charge in [-0.05, 0) is 62.4 Å². The van der Waals surface area contributed by atoms with E-state index in [2.05, 4.69) is 5.32 Å². The number of carbonyl (C=O) groups excluding carboxylic acids is 3. The summed E-state index contributed by atoms with van der Waals surface area (Å²) in [6, 6.07) is 6.84. The Labute approximate surface area is 192 Å². The van der Waals surface area contributed by atoms with Gasteiger partial charge in [-0.15, -0.1) is 0 Å². The van der Waals surface area contributed by atoms with Crippen molar-refractivity contribution >= 4 is 34.9 Å². The summed E-state index contributed by atoms with van der Waals surface area (Å²) in [6.45, 7) is 3.99. The molecular weight excluding hydrogens is 460 g/mol. The van der Waals surface area contributed by atoms with E-state index < -0.39 is 52.7 Å². The van der Waals surface area contributed by atoms with E-state index in [9.17, 15) is 28.0 Å². The number of hydrogen-bond donors (Lipinski definition) is 2. The third-order valence-corrected chi connectivity index (χ3v) is 4.88. The lowest BCUT2D eigenvalue weighted by Gasteiger charge is -2.15. The van der Waals surface area contributed by atoms with Crippen LogP contribution in [0.3, 0.4) is 0 Å². The number of amides is 1. The highest BCUT2D eigenvalue weighted by atomic mass is 32.2. The van der Waals surface area contributed by atoms with E-state index in [4.69, 9.17) is 14.6 Å². The lowest BCUT2D eigenvalue weighted by Crippen LogP contribution is -2.35. The van der Waals surface area contributed by atoms with Gasteiger partial charge >= 0.3 is 17.2 Å². The molecular formula is C22H21F2NO7S. The second-order valence-electron chi connectivity index (χ2n) is 7.01. The van der Waals surface area contributed by atoms with Crippen LogP contribution in [-0.2, 0) is 14.3 Å². The maximum absolute atomic E-state index is 14.2. The maximum Gasteiger partial charge on any atom is 0.373 e. The molecule has 0 bridgehead atoms. The topological polar surface area (TPSA) is 119 Å². The van der Waals surface area contributed by atoms with Crippen molar-refractivity contribution in [2.24, 2.45) is 0 Å². The van der Waals surface area contributed by atoms with Crippen molar-refractivity contribution in [2.75, 3.05) is 6.54 Å². The van der Waals surface area contributed by atoms with Crippen molar-refractivity contribution in [2.45, 2.75) is 32.1 Å². The summed E-state index contributed by atoms with van der Waals surface area (Å²) in [7, 11) is 0. The molecule has 176 valence electrons. The Morgan fingerprint density at radius 1 is 1.06 bits per heavy atom. The molecule has 1 unspecified atom stereocenters. The molecule has 0 heterocycles. The van der Waals surface area contributed by atoms with Crippen LogP contribution in [0, 0.1) is 11.6 Å². The molecule has 2 aromatic rings. The fourth-order valence-electron chi connectivity index (χ4n) is 2.57. The largest absolute Gasteiger partial charge is 0.480 e. The molecule has 0 aliphatic carbocycles. The number of hydrogen-bond acceptors (Lipinski definition) is 7. The Balaban J connectivity index is 2.27.